The van der Waals surface area contributed by atoms with Crippen molar-refractivity contribution >= 4 is 23.2 Å². The van der Waals surface area contributed by atoms with Crippen molar-refractivity contribution in [3.8, 4) is 11.3 Å². The van der Waals surface area contributed by atoms with E-state index in [1.165, 1.54) is 0 Å². The van der Waals surface area contributed by atoms with Gasteiger partial charge in [-0.25, -0.2) is 9.97 Å². The Hall–Kier alpha value is -4.43. The second-order valence-corrected chi connectivity index (χ2v) is 9.41. The minimum atomic E-state index is -0.242. The van der Waals surface area contributed by atoms with Crippen molar-refractivity contribution in [1.29, 1.82) is 0 Å². The Morgan fingerprint density at radius 3 is 2.50 bits per heavy atom. The molecule has 0 unspecified atom stereocenters. The van der Waals surface area contributed by atoms with Gasteiger partial charge in [0.2, 0.25) is 5.91 Å². The number of nitrogens with one attached hydrogen (secondary N) is 2. The first kappa shape index (κ1) is 26.6. The Balaban J connectivity index is 1.36. The third-order valence-electron chi connectivity index (χ3n) is 6.02. The predicted octanol–water partition coefficient (Wildman–Crippen LogP) is 4.97. The van der Waals surface area contributed by atoms with E-state index in [0.29, 0.717) is 35.6 Å². The lowest BCUT2D eigenvalue weighted by molar-refractivity contribution is -0.116. The summed E-state index contributed by atoms with van der Waals surface area (Å²) >= 11 is 0. The number of carbonyl (C=O) groups excluding carboxylic acids is 2. The average Bonchev–Trinajstić information content (AvgIpc) is 2.91. The van der Waals surface area contributed by atoms with Gasteiger partial charge in [0.25, 0.3) is 5.91 Å². The number of amides is 2. The summed E-state index contributed by atoms with van der Waals surface area (Å²) in [5.74, 6) is 0.408. The van der Waals surface area contributed by atoms with Crippen LogP contribution in [0.3, 0.4) is 0 Å². The molecule has 194 valence electrons. The maximum atomic E-state index is 12.9. The van der Waals surface area contributed by atoms with Crippen LogP contribution in [0.25, 0.3) is 11.3 Å². The fourth-order valence-corrected chi connectivity index (χ4v) is 3.92. The van der Waals surface area contributed by atoms with Crippen LogP contribution in [0, 0.1) is 6.92 Å². The molecule has 8 nitrogen and oxygen atoms in total. The van der Waals surface area contributed by atoms with Crippen LogP contribution in [0.1, 0.15) is 40.2 Å². The quantitative estimate of drug-likeness (QED) is 0.314. The smallest absolute Gasteiger partial charge is 0.255 e. The highest BCUT2D eigenvalue weighted by Gasteiger charge is 2.11. The minimum Gasteiger partial charge on any atom is -0.326 e. The Morgan fingerprint density at radius 1 is 0.947 bits per heavy atom. The predicted molar refractivity (Wildman–Crippen MR) is 150 cm³/mol. The maximum Gasteiger partial charge on any atom is 0.255 e. The van der Waals surface area contributed by atoms with Gasteiger partial charge < -0.3 is 15.5 Å². The summed E-state index contributed by atoms with van der Waals surface area (Å²) in [5, 5.41) is 5.87. The van der Waals surface area contributed by atoms with Crippen LogP contribution in [-0.4, -0.2) is 52.3 Å². The van der Waals surface area contributed by atoms with Gasteiger partial charge >= 0.3 is 0 Å². The Bertz CT molecular complexity index is 1390. The minimum absolute atomic E-state index is 0.0574. The van der Waals surface area contributed by atoms with Gasteiger partial charge in [-0.2, -0.15) is 0 Å². The van der Waals surface area contributed by atoms with Crippen LogP contribution < -0.4 is 10.6 Å². The molecule has 2 aromatic heterocycles. The summed E-state index contributed by atoms with van der Waals surface area (Å²) in [6.07, 6.45) is 7.03. The number of anilines is 2. The Labute approximate surface area is 223 Å². The van der Waals surface area contributed by atoms with Crippen molar-refractivity contribution in [3.05, 3.63) is 102 Å². The summed E-state index contributed by atoms with van der Waals surface area (Å²) in [7, 11) is 3.96. The van der Waals surface area contributed by atoms with E-state index in [4.69, 9.17) is 0 Å². The molecule has 4 rings (SSSR count). The van der Waals surface area contributed by atoms with Crippen molar-refractivity contribution in [2.45, 2.75) is 26.2 Å². The molecule has 4 aromatic rings. The summed E-state index contributed by atoms with van der Waals surface area (Å²) in [4.78, 5) is 40.5. The van der Waals surface area contributed by atoms with Gasteiger partial charge in [0.15, 0.2) is 0 Å². The second kappa shape index (κ2) is 12.7. The molecular formula is C30H32N6O2. The molecule has 0 atom stereocenters. The van der Waals surface area contributed by atoms with Gasteiger partial charge in [-0.3, -0.25) is 14.6 Å². The lowest BCUT2D eigenvalue weighted by atomic mass is 10.1. The topological polar surface area (TPSA) is 100 Å². The Morgan fingerprint density at radius 2 is 1.76 bits per heavy atom. The highest BCUT2D eigenvalue weighted by atomic mass is 16.2. The van der Waals surface area contributed by atoms with E-state index in [9.17, 15) is 9.59 Å². The molecule has 0 aliphatic carbocycles. The molecule has 8 heteroatoms. The second-order valence-electron chi connectivity index (χ2n) is 9.41. The van der Waals surface area contributed by atoms with Crippen molar-refractivity contribution in [2.24, 2.45) is 0 Å². The number of aryl methyl sites for hydroxylation is 1. The first-order chi connectivity index (χ1) is 18.4. The average molecular weight is 509 g/mol. The molecule has 38 heavy (non-hydrogen) atoms. The molecule has 0 aliphatic heterocycles. The molecular weight excluding hydrogens is 476 g/mol. The summed E-state index contributed by atoms with van der Waals surface area (Å²) < 4.78 is 0. The third-order valence-corrected chi connectivity index (χ3v) is 6.02. The molecule has 0 aliphatic rings. The SMILES string of the molecule is Cc1ccc(C(=O)Nc2ccc(Cc3nccc(-c4cccnc4)n3)cc2)cc1NC(=O)CCCN(C)C. The van der Waals surface area contributed by atoms with Crippen LogP contribution in [-0.2, 0) is 11.2 Å². The summed E-state index contributed by atoms with van der Waals surface area (Å²) in [6.45, 7) is 2.75. The molecule has 2 aromatic carbocycles. The lowest BCUT2D eigenvalue weighted by Gasteiger charge is -2.12. The number of rotatable bonds is 10. The zero-order valence-electron chi connectivity index (χ0n) is 21.9. The highest BCUT2D eigenvalue weighted by Crippen LogP contribution is 2.20. The first-order valence-electron chi connectivity index (χ1n) is 12.6. The molecule has 0 bridgehead atoms. The monoisotopic (exact) mass is 508 g/mol. The van der Waals surface area contributed by atoms with E-state index in [2.05, 4.69) is 25.6 Å². The fraction of sp³-hybridized carbons (Fsp3) is 0.233. The normalized spacial score (nSPS) is 10.8. The number of benzene rings is 2. The van der Waals surface area contributed by atoms with E-state index in [0.717, 1.165) is 35.3 Å². The summed E-state index contributed by atoms with van der Waals surface area (Å²) in [5.41, 5.74) is 5.51. The van der Waals surface area contributed by atoms with Crippen LogP contribution in [0.15, 0.2) is 79.3 Å². The molecule has 2 amide bonds. The van der Waals surface area contributed by atoms with Gasteiger partial charge in [-0.1, -0.05) is 18.2 Å². The van der Waals surface area contributed by atoms with Crippen molar-refractivity contribution in [3.63, 3.8) is 0 Å². The van der Waals surface area contributed by atoms with Crippen LogP contribution in [0.2, 0.25) is 0 Å². The number of nitrogens with zero attached hydrogens (tertiary/aromatic N) is 4. The van der Waals surface area contributed by atoms with E-state index >= 15 is 0 Å². The van der Waals surface area contributed by atoms with Gasteiger partial charge in [-0.05, 0) is 87.6 Å². The molecule has 0 saturated carbocycles. The van der Waals surface area contributed by atoms with E-state index in [1.807, 2.05) is 74.4 Å². The van der Waals surface area contributed by atoms with Gasteiger partial charge in [0.1, 0.15) is 5.82 Å². The zero-order valence-corrected chi connectivity index (χ0v) is 21.9. The largest absolute Gasteiger partial charge is 0.326 e. The number of carbonyl (C=O) groups is 2. The third kappa shape index (κ3) is 7.54. The van der Waals surface area contributed by atoms with Crippen LogP contribution >= 0.6 is 0 Å². The number of hydrogen-bond acceptors (Lipinski definition) is 6. The molecule has 0 fully saturated rings. The maximum absolute atomic E-state index is 12.9. The van der Waals surface area contributed by atoms with Crippen molar-refractivity contribution < 1.29 is 9.59 Å². The van der Waals surface area contributed by atoms with Crippen LogP contribution in [0.4, 0.5) is 11.4 Å². The van der Waals surface area contributed by atoms with Gasteiger partial charge in [0.05, 0.1) is 5.69 Å². The standard InChI is InChI=1S/C30H32N6O2/c1-21-8-11-23(19-27(21)35-29(37)7-5-17-36(2)3)30(38)33-25-12-9-22(10-13-25)18-28-32-16-14-26(34-28)24-6-4-15-31-20-24/h4,6,8-16,19-20H,5,7,17-18H2,1-3H3,(H,33,38)(H,35,37). The van der Waals surface area contributed by atoms with Gasteiger partial charge in [0, 0.05) is 53.9 Å². The number of pyridine rings is 1. The van der Waals surface area contributed by atoms with Crippen molar-refractivity contribution in [1.82, 2.24) is 19.9 Å². The first-order valence-corrected chi connectivity index (χ1v) is 12.6. The molecule has 0 spiro atoms. The molecule has 2 N–H and O–H groups in total. The number of aromatic nitrogens is 3. The van der Waals surface area contributed by atoms with Gasteiger partial charge in [-0.15, -0.1) is 0 Å². The van der Waals surface area contributed by atoms with Crippen molar-refractivity contribution in [2.75, 3.05) is 31.3 Å². The number of hydrogen-bond donors (Lipinski definition) is 2. The van der Waals surface area contributed by atoms with E-state index in [1.54, 1.807) is 30.7 Å². The zero-order chi connectivity index (χ0) is 26.9. The molecule has 2 heterocycles. The molecule has 0 saturated heterocycles. The van der Waals surface area contributed by atoms with E-state index < -0.39 is 0 Å². The van der Waals surface area contributed by atoms with Crippen LogP contribution in [0.5, 0.6) is 0 Å². The van der Waals surface area contributed by atoms with E-state index in [-0.39, 0.29) is 11.8 Å². The lowest BCUT2D eigenvalue weighted by Crippen LogP contribution is -2.18. The summed E-state index contributed by atoms with van der Waals surface area (Å²) in [6, 6.07) is 18.6. The fourth-order valence-electron chi connectivity index (χ4n) is 3.92. The highest BCUT2D eigenvalue weighted by molar-refractivity contribution is 6.05. The molecule has 0 radical (unpaired) electrons. The Kier molecular flexibility index (Phi) is 8.89.